The lowest BCUT2D eigenvalue weighted by molar-refractivity contribution is -0.151. The smallest absolute Gasteiger partial charge is 0.311 e. The number of hydrogen-bond donors (Lipinski definition) is 2. The van der Waals surface area contributed by atoms with Crippen molar-refractivity contribution in [3.05, 3.63) is 45.6 Å². The van der Waals surface area contributed by atoms with E-state index in [1.165, 1.54) is 24.3 Å². The number of halogens is 2. The number of benzene rings is 1. The van der Waals surface area contributed by atoms with Gasteiger partial charge in [-0.25, -0.2) is 0 Å². The van der Waals surface area contributed by atoms with Gasteiger partial charge < -0.3 is 14.6 Å². The van der Waals surface area contributed by atoms with Crippen molar-refractivity contribution in [2.45, 2.75) is 13.3 Å². The predicted octanol–water partition coefficient (Wildman–Crippen LogP) is 1.97. The van der Waals surface area contributed by atoms with Gasteiger partial charge in [0, 0.05) is 17.5 Å². The van der Waals surface area contributed by atoms with Crippen LogP contribution in [0.15, 0.2) is 28.8 Å². The van der Waals surface area contributed by atoms with E-state index in [4.69, 9.17) is 32.5 Å². The zero-order valence-electron chi connectivity index (χ0n) is 15.6. The van der Waals surface area contributed by atoms with Crippen LogP contribution in [0.2, 0.25) is 10.0 Å². The zero-order chi connectivity index (χ0) is 21.8. The standard InChI is InChI=1S/C18H16Cl2N4O6/c1-9-4-14(23-30-9)21-15(25)8-29-18(28)10-5-16(26)24(7-10)22-17(27)12-3-2-11(19)6-13(12)20/h2-4,6,10H,5,7-8H2,1H3,(H,22,27)(H,21,23,25)/t10-/m1/s1. The molecular weight excluding hydrogens is 439 g/mol. The van der Waals surface area contributed by atoms with E-state index < -0.39 is 36.2 Å². The molecule has 12 heteroatoms. The summed E-state index contributed by atoms with van der Waals surface area (Å²) in [6, 6.07) is 5.80. The number of aryl methyl sites for hydroxylation is 1. The molecule has 3 rings (SSSR count). The first kappa shape index (κ1) is 21.6. The molecule has 158 valence electrons. The lowest BCUT2D eigenvalue weighted by Gasteiger charge is -2.18. The fourth-order valence-electron chi connectivity index (χ4n) is 2.69. The normalized spacial score (nSPS) is 15.8. The van der Waals surface area contributed by atoms with Crippen LogP contribution in [0, 0.1) is 12.8 Å². The Labute approximate surface area is 180 Å². The molecule has 2 aromatic rings. The van der Waals surface area contributed by atoms with Gasteiger partial charge in [0.25, 0.3) is 11.8 Å². The van der Waals surface area contributed by atoms with Crippen molar-refractivity contribution in [3.8, 4) is 0 Å². The molecule has 1 fully saturated rings. The van der Waals surface area contributed by atoms with Crippen molar-refractivity contribution >= 4 is 52.7 Å². The molecule has 0 saturated carbocycles. The number of aromatic nitrogens is 1. The van der Waals surface area contributed by atoms with E-state index in [9.17, 15) is 19.2 Å². The van der Waals surface area contributed by atoms with E-state index in [0.717, 1.165) is 5.01 Å². The number of nitrogens with one attached hydrogen (secondary N) is 2. The van der Waals surface area contributed by atoms with Gasteiger partial charge in [-0.2, -0.15) is 0 Å². The SMILES string of the molecule is Cc1cc(NC(=O)COC(=O)[C@@H]2CC(=O)N(NC(=O)c3ccc(Cl)cc3Cl)C2)no1. The Hall–Kier alpha value is -3.11. The molecule has 0 aliphatic carbocycles. The number of rotatable bonds is 6. The Kier molecular flexibility index (Phi) is 6.58. The van der Waals surface area contributed by atoms with Crippen molar-refractivity contribution in [2.24, 2.45) is 5.92 Å². The van der Waals surface area contributed by atoms with Crippen molar-refractivity contribution in [3.63, 3.8) is 0 Å². The minimum atomic E-state index is -0.833. The number of nitrogens with zero attached hydrogens (tertiary/aromatic N) is 2. The van der Waals surface area contributed by atoms with Crippen LogP contribution in [-0.4, -0.2) is 47.0 Å². The molecule has 3 amide bonds. The van der Waals surface area contributed by atoms with Crippen LogP contribution in [-0.2, 0) is 19.1 Å². The average Bonchev–Trinajstić information content (AvgIpc) is 3.25. The predicted molar refractivity (Wildman–Crippen MR) is 105 cm³/mol. The number of esters is 1. The summed E-state index contributed by atoms with van der Waals surface area (Å²) in [7, 11) is 0. The second-order valence-corrected chi connectivity index (χ2v) is 7.29. The van der Waals surface area contributed by atoms with Crippen LogP contribution >= 0.6 is 23.2 Å². The maximum absolute atomic E-state index is 12.3. The second-order valence-electron chi connectivity index (χ2n) is 6.45. The van der Waals surface area contributed by atoms with Crippen molar-refractivity contribution in [1.29, 1.82) is 0 Å². The molecule has 2 heterocycles. The molecule has 0 unspecified atom stereocenters. The molecule has 1 aliphatic heterocycles. The van der Waals surface area contributed by atoms with Crippen LogP contribution in [0.1, 0.15) is 22.5 Å². The van der Waals surface area contributed by atoms with Gasteiger partial charge >= 0.3 is 5.97 Å². The molecule has 1 aromatic heterocycles. The molecule has 10 nitrogen and oxygen atoms in total. The first-order chi connectivity index (χ1) is 14.2. The highest BCUT2D eigenvalue weighted by atomic mass is 35.5. The highest BCUT2D eigenvalue weighted by Crippen LogP contribution is 2.22. The quantitative estimate of drug-likeness (QED) is 0.637. The summed E-state index contributed by atoms with van der Waals surface area (Å²) < 4.78 is 9.76. The van der Waals surface area contributed by atoms with Crippen molar-refractivity contribution in [2.75, 3.05) is 18.5 Å². The van der Waals surface area contributed by atoms with E-state index in [1.807, 2.05) is 0 Å². The van der Waals surface area contributed by atoms with Crippen LogP contribution in [0.5, 0.6) is 0 Å². The number of anilines is 1. The Morgan fingerprint density at radius 1 is 1.30 bits per heavy atom. The minimum absolute atomic E-state index is 0.0985. The number of amides is 3. The highest BCUT2D eigenvalue weighted by molar-refractivity contribution is 6.36. The molecule has 30 heavy (non-hydrogen) atoms. The van der Waals surface area contributed by atoms with Gasteiger partial charge in [-0.3, -0.25) is 29.6 Å². The summed E-state index contributed by atoms with van der Waals surface area (Å²) in [4.78, 5) is 48.4. The molecule has 0 radical (unpaired) electrons. The van der Waals surface area contributed by atoms with Gasteiger partial charge in [-0.05, 0) is 25.1 Å². The molecule has 2 N–H and O–H groups in total. The summed E-state index contributed by atoms with van der Waals surface area (Å²) in [6.45, 7) is 1.01. The summed E-state index contributed by atoms with van der Waals surface area (Å²) in [5.74, 6) is -2.58. The number of hydrazine groups is 1. The first-order valence-corrected chi connectivity index (χ1v) is 9.44. The lowest BCUT2D eigenvalue weighted by Crippen LogP contribution is -2.43. The fraction of sp³-hybridized carbons (Fsp3) is 0.278. The van der Waals surface area contributed by atoms with Gasteiger partial charge in [0.15, 0.2) is 12.4 Å². The van der Waals surface area contributed by atoms with Gasteiger partial charge in [0.1, 0.15) is 5.76 Å². The lowest BCUT2D eigenvalue weighted by atomic mass is 10.1. The Morgan fingerprint density at radius 3 is 2.73 bits per heavy atom. The number of hydrogen-bond acceptors (Lipinski definition) is 7. The third-order valence-electron chi connectivity index (χ3n) is 4.11. The fourth-order valence-corrected chi connectivity index (χ4v) is 3.18. The van der Waals surface area contributed by atoms with Crippen LogP contribution in [0.3, 0.4) is 0 Å². The summed E-state index contributed by atoms with van der Waals surface area (Å²) in [6.07, 6.45) is -0.169. The maximum atomic E-state index is 12.3. The zero-order valence-corrected chi connectivity index (χ0v) is 17.1. The number of carbonyl (C=O) groups excluding carboxylic acids is 4. The molecule has 1 aromatic carbocycles. The van der Waals surface area contributed by atoms with Crippen molar-refractivity contribution < 1.29 is 28.4 Å². The molecular formula is C18H16Cl2N4O6. The Morgan fingerprint density at radius 2 is 2.07 bits per heavy atom. The van der Waals surface area contributed by atoms with E-state index >= 15 is 0 Å². The maximum Gasteiger partial charge on any atom is 0.311 e. The van der Waals surface area contributed by atoms with E-state index in [0.29, 0.717) is 10.8 Å². The second kappa shape index (κ2) is 9.14. The Balaban J connectivity index is 1.50. The van der Waals surface area contributed by atoms with E-state index in [-0.39, 0.29) is 29.4 Å². The molecule has 0 spiro atoms. The molecule has 1 aliphatic rings. The summed E-state index contributed by atoms with van der Waals surface area (Å²) >= 11 is 11.8. The average molecular weight is 455 g/mol. The largest absolute Gasteiger partial charge is 0.455 e. The van der Waals surface area contributed by atoms with Gasteiger partial charge in [-0.15, -0.1) is 0 Å². The van der Waals surface area contributed by atoms with E-state index in [1.54, 1.807) is 6.92 Å². The molecule has 1 saturated heterocycles. The topological polar surface area (TPSA) is 131 Å². The molecule has 0 bridgehead atoms. The van der Waals surface area contributed by atoms with E-state index in [2.05, 4.69) is 15.9 Å². The summed E-state index contributed by atoms with van der Waals surface area (Å²) in [5, 5.41) is 7.48. The van der Waals surface area contributed by atoms with Crippen LogP contribution in [0.25, 0.3) is 0 Å². The van der Waals surface area contributed by atoms with Crippen molar-refractivity contribution in [1.82, 2.24) is 15.6 Å². The number of ether oxygens (including phenoxy) is 1. The van der Waals surface area contributed by atoms with Gasteiger partial charge in [-0.1, -0.05) is 28.4 Å². The van der Waals surface area contributed by atoms with Gasteiger partial charge in [0.2, 0.25) is 5.91 Å². The molecule has 1 atom stereocenters. The third kappa shape index (κ3) is 5.28. The minimum Gasteiger partial charge on any atom is -0.455 e. The van der Waals surface area contributed by atoms with Crippen LogP contribution in [0.4, 0.5) is 5.82 Å². The monoisotopic (exact) mass is 454 g/mol. The summed E-state index contributed by atoms with van der Waals surface area (Å²) in [5.41, 5.74) is 2.53. The van der Waals surface area contributed by atoms with Gasteiger partial charge in [0.05, 0.1) is 23.0 Å². The Bertz CT molecular complexity index is 1010. The highest BCUT2D eigenvalue weighted by Gasteiger charge is 2.37. The first-order valence-electron chi connectivity index (χ1n) is 8.69. The van der Waals surface area contributed by atoms with Crippen LogP contribution < -0.4 is 10.7 Å². The third-order valence-corrected chi connectivity index (χ3v) is 4.66. The number of carbonyl (C=O) groups is 4.